The molecule has 20 heavy (non-hydrogen) atoms. The molecule has 2 aromatic rings. The molecule has 9 heteroatoms. The van der Waals surface area contributed by atoms with E-state index in [-0.39, 0.29) is 4.90 Å². The van der Waals surface area contributed by atoms with Crippen molar-refractivity contribution in [2.45, 2.75) is 17.7 Å². The van der Waals surface area contributed by atoms with Gasteiger partial charge in [-0.2, -0.15) is 0 Å². The fourth-order valence-electron chi connectivity index (χ4n) is 1.69. The van der Waals surface area contributed by atoms with Crippen molar-refractivity contribution in [3.8, 4) is 0 Å². The number of nitrogens with two attached hydrogens (primary N) is 1. The molecule has 0 saturated carbocycles. The predicted octanol–water partition coefficient (Wildman–Crippen LogP) is 0.00140. The third-order valence-electron chi connectivity index (χ3n) is 2.67. The maximum Gasteiger partial charge on any atom is 0.244 e. The minimum Gasteiger partial charge on any atom is -0.349 e. The van der Waals surface area contributed by atoms with Crippen LogP contribution in [0.15, 0.2) is 35.7 Å². The molecule has 0 fully saturated rings. The Morgan fingerprint density at radius 1 is 1.35 bits per heavy atom. The highest BCUT2D eigenvalue weighted by Crippen LogP contribution is 2.17. The third kappa shape index (κ3) is 3.53. The molecule has 0 aromatic carbocycles. The van der Waals surface area contributed by atoms with Crippen LogP contribution in [0.3, 0.4) is 0 Å². The number of aromatic nitrogens is 3. The molecule has 0 atom stereocenters. The summed E-state index contributed by atoms with van der Waals surface area (Å²) in [6, 6.07) is 1.50. The topological polar surface area (TPSA) is 126 Å². The minimum absolute atomic E-state index is 0.0282. The number of anilines is 1. The zero-order chi connectivity index (χ0) is 14.4. The van der Waals surface area contributed by atoms with Crippen LogP contribution in [0.25, 0.3) is 0 Å². The summed E-state index contributed by atoms with van der Waals surface area (Å²) < 4.78 is 26.7. The second-order valence-electron chi connectivity index (χ2n) is 4.05. The van der Waals surface area contributed by atoms with Crippen LogP contribution in [0.5, 0.6) is 0 Å². The van der Waals surface area contributed by atoms with Crippen molar-refractivity contribution in [2.75, 3.05) is 12.0 Å². The highest BCUT2D eigenvalue weighted by molar-refractivity contribution is 7.89. The Bertz CT molecular complexity index is 641. The molecule has 0 aliphatic rings. The molecule has 0 spiro atoms. The van der Waals surface area contributed by atoms with Gasteiger partial charge in [0.2, 0.25) is 10.0 Å². The summed E-state index contributed by atoms with van der Waals surface area (Å²) in [6.45, 7) is 0.307. The number of sulfonamides is 1. The summed E-state index contributed by atoms with van der Waals surface area (Å²) >= 11 is 0. The van der Waals surface area contributed by atoms with Gasteiger partial charge in [0, 0.05) is 37.8 Å². The lowest BCUT2D eigenvalue weighted by Gasteiger charge is -2.09. The van der Waals surface area contributed by atoms with E-state index in [2.05, 4.69) is 25.1 Å². The first-order chi connectivity index (χ1) is 9.63. The number of hydrogen-bond donors (Lipinski definition) is 4. The monoisotopic (exact) mass is 296 g/mol. The first kappa shape index (κ1) is 14.4. The van der Waals surface area contributed by atoms with E-state index in [1.807, 2.05) is 0 Å². The molecular weight excluding hydrogens is 280 g/mol. The average molecular weight is 296 g/mol. The van der Waals surface area contributed by atoms with Gasteiger partial charge < -0.3 is 10.4 Å². The maximum absolute atomic E-state index is 12.1. The Balaban J connectivity index is 1.94. The largest absolute Gasteiger partial charge is 0.349 e. The Kier molecular flexibility index (Phi) is 4.66. The molecule has 0 saturated heterocycles. The van der Waals surface area contributed by atoms with Crippen LogP contribution in [0.2, 0.25) is 0 Å². The molecule has 2 aromatic heterocycles. The number of nitrogens with one attached hydrogen (secondary N) is 3. The van der Waals surface area contributed by atoms with Gasteiger partial charge in [0.05, 0.1) is 5.69 Å². The fourth-order valence-corrected chi connectivity index (χ4v) is 2.87. The fraction of sp³-hybridized carbons (Fsp3) is 0.273. The van der Waals surface area contributed by atoms with E-state index in [1.165, 1.54) is 18.5 Å². The van der Waals surface area contributed by atoms with Crippen LogP contribution in [-0.2, 0) is 16.4 Å². The number of aromatic amines is 1. The molecule has 0 radical (unpaired) electrons. The van der Waals surface area contributed by atoms with Crippen molar-refractivity contribution in [3.05, 3.63) is 36.7 Å². The molecule has 2 rings (SSSR count). The first-order valence-corrected chi connectivity index (χ1v) is 7.50. The Morgan fingerprint density at radius 3 is 2.90 bits per heavy atom. The van der Waals surface area contributed by atoms with Crippen molar-refractivity contribution in [3.63, 3.8) is 0 Å². The smallest absolute Gasteiger partial charge is 0.244 e. The van der Waals surface area contributed by atoms with Crippen LogP contribution >= 0.6 is 0 Å². The maximum atomic E-state index is 12.1. The van der Waals surface area contributed by atoms with Gasteiger partial charge in [0.15, 0.2) is 0 Å². The summed E-state index contributed by atoms with van der Waals surface area (Å²) in [4.78, 5) is 10.9. The van der Waals surface area contributed by atoms with Crippen LogP contribution < -0.4 is 16.0 Å². The second kappa shape index (κ2) is 6.46. The highest BCUT2D eigenvalue weighted by atomic mass is 32.2. The molecular formula is C11H16N6O2S. The van der Waals surface area contributed by atoms with Gasteiger partial charge in [0.1, 0.15) is 10.7 Å². The number of nitrogens with zero attached hydrogens (tertiary/aromatic N) is 2. The van der Waals surface area contributed by atoms with E-state index in [0.29, 0.717) is 25.1 Å². The van der Waals surface area contributed by atoms with Gasteiger partial charge in [0.25, 0.3) is 0 Å². The van der Waals surface area contributed by atoms with Gasteiger partial charge in [-0.15, -0.1) is 0 Å². The standard InChI is InChI=1S/C11H16N6O2S/c12-17-9-3-5-13-8-10(9)20(18,19)16-4-1-2-11-14-6-7-15-11/h3,5-8,16H,1-2,4,12H2,(H,13,17)(H,14,15). The lowest BCUT2D eigenvalue weighted by atomic mass is 10.3. The second-order valence-corrected chi connectivity index (χ2v) is 5.79. The number of aryl methyl sites for hydroxylation is 1. The number of nitrogen functional groups attached to an aromatic ring is 1. The minimum atomic E-state index is -3.63. The summed E-state index contributed by atoms with van der Waals surface area (Å²) in [5.74, 6) is 6.11. The van der Waals surface area contributed by atoms with Crippen LogP contribution in [0.1, 0.15) is 12.2 Å². The molecule has 0 aliphatic heterocycles. The number of hydrogen-bond acceptors (Lipinski definition) is 6. The first-order valence-electron chi connectivity index (χ1n) is 6.02. The van der Waals surface area contributed by atoms with Crippen LogP contribution in [-0.4, -0.2) is 29.9 Å². The van der Waals surface area contributed by atoms with Gasteiger partial charge >= 0.3 is 0 Å². The summed E-state index contributed by atoms with van der Waals surface area (Å²) in [7, 11) is -3.63. The lowest BCUT2D eigenvalue weighted by molar-refractivity contribution is 0.578. The van der Waals surface area contributed by atoms with Crippen LogP contribution in [0.4, 0.5) is 5.69 Å². The molecule has 0 bridgehead atoms. The van der Waals surface area contributed by atoms with Crippen molar-refractivity contribution in [1.29, 1.82) is 0 Å². The number of rotatable bonds is 7. The van der Waals surface area contributed by atoms with Crippen molar-refractivity contribution in [1.82, 2.24) is 19.7 Å². The highest BCUT2D eigenvalue weighted by Gasteiger charge is 2.17. The molecule has 0 unspecified atom stereocenters. The number of imidazole rings is 1. The molecule has 0 amide bonds. The zero-order valence-corrected chi connectivity index (χ0v) is 11.5. The van der Waals surface area contributed by atoms with Gasteiger partial charge in [-0.25, -0.2) is 18.1 Å². The third-order valence-corrected chi connectivity index (χ3v) is 4.16. The summed E-state index contributed by atoms with van der Waals surface area (Å²) in [5.41, 5.74) is 2.64. The van der Waals surface area contributed by atoms with Gasteiger partial charge in [-0.05, 0) is 12.5 Å². The molecule has 5 N–H and O–H groups in total. The van der Waals surface area contributed by atoms with Crippen LogP contribution in [0, 0.1) is 0 Å². The molecule has 0 aliphatic carbocycles. The average Bonchev–Trinajstić information content (AvgIpc) is 2.97. The van der Waals surface area contributed by atoms with Gasteiger partial charge in [-0.1, -0.05) is 0 Å². The zero-order valence-electron chi connectivity index (χ0n) is 10.7. The lowest BCUT2D eigenvalue weighted by Crippen LogP contribution is -2.26. The van der Waals surface area contributed by atoms with E-state index in [1.54, 1.807) is 12.4 Å². The Morgan fingerprint density at radius 2 is 2.20 bits per heavy atom. The number of hydrazine groups is 1. The van der Waals surface area contributed by atoms with E-state index < -0.39 is 10.0 Å². The summed E-state index contributed by atoms with van der Waals surface area (Å²) in [5, 5.41) is 0. The molecule has 2 heterocycles. The quantitative estimate of drug-likeness (QED) is 0.324. The normalized spacial score (nSPS) is 11.4. The van der Waals surface area contributed by atoms with Crippen molar-refractivity contribution in [2.24, 2.45) is 5.84 Å². The number of H-pyrrole nitrogens is 1. The molecule has 108 valence electrons. The van der Waals surface area contributed by atoms with Crippen molar-refractivity contribution < 1.29 is 8.42 Å². The van der Waals surface area contributed by atoms with E-state index in [0.717, 1.165) is 5.82 Å². The van der Waals surface area contributed by atoms with E-state index in [9.17, 15) is 8.42 Å². The SMILES string of the molecule is NNc1ccncc1S(=O)(=O)NCCCc1ncc[nH]1. The Labute approximate surface area is 116 Å². The predicted molar refractivity (Wildman–Crippen MR) is 74.1 cm³/mol. The molecule has 8 nitrogen and oxygen atoms in total. The Hall–Kier alpha value is -1.97. The van der Waals surface area contributed by atoms with E-state index >= 15 is 0 Å². The number of pyridine rings is 1. The van der Waals surface area contributed by atoms with Crippen molar-refractivity contribution >= 4 is 15.7 Å². The summed E-state index contributed by atoms with van der Waals surface area (Å²) in [6.07, 6.45) is 7.42. The van der Waals surface area contributed by atoms with Gasteiger partial charge in [-0.3, -0.25) is 10.8 Å². The van der Waals surface area contributed by atoms with E-state index in [4.69, 9.17) is 5.84 Å².